The zero-order valence-electron chi connectivity index (χ0n) is 17.4. The number of benzene rings is 2. The minimum Gasteiger partial charge on any atom is -0.433 e. The maximum Gasteiger partial charge on any atom is 0.311 e. The summed E-state index contributed by atoms with van der Waals surface area (Å²) in [6.45, 7) is 13.3. The van der Waals surface area contributed by atoms with Gasteiger partial charge in [-0.25, -0.2) is 0 Å². The molecule has 0 aliphatic heterocycles. The molecule has 0 spiro atoms. The molecule has 5 heteroatoms. The highest BCUT2D eigenvalue weighted by molar-refractivity contribution is 6.91. The van der Waals surface area contributed by atoms with E-state index in [-0.39, 0.29) is 0 Å². The van der Waals surface area contributed by atoms with Crippen LogP contribution in [-0.4, -0.2) is 25.2 Å². The van der Waals surface area contributed by atoms with E-state index in [1.54, 1.807) is 0 Å². The van der Waals surface area contributed by atoms with Crippen molar-refractivity contribution in [2.75, 3.05) is 0 Å². The Labute approximate surface area is 168 Å². The topological polar surface area (TPSA) is 18.5 Å². The third kappa shape index (κ3) is 8.36. The molecule has 2 rings (SSSR count). The van der Waals surface area contributed by atoms with Crippen LogP contribution >= 0.6 is 0 Å². The van der Waals surface area contributed by atoms with E-state index in [2.05, 4.69) is 111 Å². The molecule has 0 amide bonds. The van der Waals surface area contributed by atoms with Crippen molar-refractivity contribution in [1.29, 1.82) is 0 Å². The average Bonchev–Trinajstić information content (AvgIpc) is 2.58. The van der Waals surface area contributed by atoms with E-state index >= 15 is 0 Å². The molecule has 0 aromatic heterocycles. The highest BCUT2D eigenvalue weighted by atomic mass is 28.5. The van der Waals surface area contributed by atoms with Crippen molar-refractivity contribution >= 4 is 37.3 Å². The first kappa shape index (κ1) is 21.8. The molecule has 27 heavy (non-hydrogen) atoms. The molecule has 0 unspecified atom stereocenters. The van der Waals surface area contributed by atoms with E-state index in [0.29, 0.717) is 0 Å². The first-order valence-corrected chi connectivity index (χ1v) is 18.2. The van der Waals surface area contributed by atoms with Crippen molar-refractivity contribution < 1.29 is 8.23 Å². The third-order valence-corrected chi connectivity index (χ3v) is 14.1. The number of hydrogen-bond donors (Lipinski definition) is 0. The predicted molar refractivity (Wildman–Crippen MR) is 126 cm³/mol. The molecular formula is C22H32O2Si3. The fourth-order valence-electron chi connectivity index (χ4n) is 3.08. The maximum absolute atomic E-state index is 6.60. The van der Waals surface area contributed by atoms with Crippen molar-refractivity contribution in [1.82, 2.24) is 0 Å². The Morgan fingerprint density at radius 3 is 1.22 bits per heavy atom. The maximum atomic E-state index is 6.60. The Bertz CT molecular complexity index is 701. The van der Waals surface area contributed by atoms with Crippen molar-refractivity contribution in [3.05, 3.63) is 83.2 Å². The summed E-state index contributed by atoms with van der Waals surface area (Å²) in [6.07, 6.45) is 4.35. The quantitative estimate of drug-likeness (QED) is 0.453. The fraction of sp³-hybridized carbons (Fsp3) is 0.273. The molecule has 0 aliphatic carbocycles. The summed E-state index contributed by atoms with van der Waals surface area (Å²) < 4.78 is 13.2. The summed E-state index contributed by atoms with van der Waals surface area (Å²) in [6, 6.07) is 20.8. The lowest BCUT2D eigenvalue weighted by Crippen LogP contribution is -2.51. The molecule has 2 nitrogen and oxygen atoms in total. The van der Waals surface area contributed by atoms with E-state index < -0.39 is 25.2 Å². The lowest BCUT2D eigenvalue weighted by atomic mass is 10.2. The van der Waals surface area contributed by atoms with Crippen molar-refractivity contribution in [3.63, 3.8) is 0 Å². The third-order valence-electron chi connectivity index (χ3n) is 3.97. The van der Waals surface area contributed by atoms with Gasteiger partial charge in [-0.1, -0.05) is 84.2 Å². The molecule has 2 aromatic rings. The minimum absolute atomic E-state index is 1.21. The molecule has 0 saturated heterocycles. The van der Waals surface area contributed by atoms with Gasteiger partial charge in [0.05, 0.1) is 0 Å². The largest absolute Gasteiger partial charge is 0.433 e. The molecule has 0 heterocycles. The van der Waals surface area contributed by atoms with E-state index in [4.69, 9.17) is 8.23 Å². The summed E-state index contributed by atoms with van der Waals surface area (Å²) in [4.78, 5) is 0. The molecule has 0 saturated carbocycles. The van der Waals surface area contributed by atoms with Gasteiger partial charge >= 0.3 is 8.56 Å². The molecule has 0 N–H and O–H groups in total. The van der Waals surface area contributed by atoms with Crippen LogP contribution in [0.1, 0.15) is 11.1 Å². The van der Waals surface area contributed by atoms with E-state index in [9.17, 15) is 0 Å². The van der Waals surface area contributed by atoms with Gasteiger partial charge in [-0.15, -0.1) is 0 Å². The van der Waals surface area contributed by atoms with Crippen molar-refractivity contribution in [2.45, 2.75) is 39.3 Å². The van der Waals surface area contributed by atoms with Gasteiger partial charge in [0, 0.05) is 0 Å². The number of rotatable bonds is 8. The van der Waals surface area contributed by atoms with E-state index in [1.807, 2.05) is 12.1 Å². The molecule has 0 bridgehead atoms. The zero-order valence-corrected chi connectivity index (χ0v) is 20.4. The molecule has 2 aromatic carbocycles. The summed E-state index contributed by atoms with van der Waals surface area (Å²) in [5.74, 6) is 0. The Morgan fingerprint density at radius 2 is 0.889 bits per heavy atom. The first-order chi connectivity index (χ1) is 12.6. The summed E-state index contributed by atoms with van der Waals surface area (Å²) >= 11 is 0. The Hall–Kier alpha value is -1.51. The SMILES string of the molecule is C[Si](C)(/C=C/c1ccccc1)O[Si](C)(C)O[Si](C)(C)/C=C/c1ccccc1. The summed E-state index contributed by atoms with van der Waals surface area (Å²) in [5.41, 5.74) is 6.94. The lowest BCUT2D eigenvalue weighted by Gasteiger charge is -2.36. The normalized spacial score (nSPS) is 13.6. The Balaban J connectivity index is 2.01. The second-order valence-corrected chi connectivity index (χ2v) is 19.8. The van der Waals surface area contributed by atoms with Gasteiger partial charge in [0.25, 0.3) is 0 Å². The highest BCUT2D eigenvalue weighted by Crippen LogP contribution is 2.23. The first-order valence-electron chi connectivity index (χ1n) is 9.46. The highest BCUT2D eigenvalue weighted by Gasteiger charge is 2.37. The predicted octanol–water partition coefficient (Wildman–Crippen LogP) is 6.64. The van der Waals surface area contributed by atoms with Crippen LogP contribution in [0.4, 0.5) is 0 Å². The van der Waals surface area contributed by atoms with Crippen LogP contribution in [0.25, 0.3) is 12.2 Å². The Morgan fingerprint density at radius 1 is 0.556 bits per heavy atom. The standard InChI is InChI=1S/C22H32O2Si3/c1-25(2,19-17-21-13-9-7-10-14-21)23-27(5,6)24-26(3,4)20-18-22-15-11-8-12-16-22/h7-20H,1-6H3/b19-17+,20-18+. The van der Waals surface area contributed by atoms with Crippen LogP contribution in [0, 0.1) is 0 Å². The van der Waals surface area contributed by atoms with Crippen LogP contribution < -0.4 is 0 Å². The van der Waals surface area contributed by atoms with Crippen LogP contribution in [0.2, 0.25) is 39.3 Å². The van der Waals surface area contributed by atoms with Gasteiger partial charge in [-0.3, -0.25) is 0 Å². The van der Waals surface area contributed by atoms with Crippen molar-refractivity contribution in [2.24, 2.45) is 0 Å². The zero-order chi connectivity index (χ0) is 20.0. The molecule has 0 radical (unpaired) electrons. The van der Waals surface area contributed by atoms with Gasteiger partial charge < -0.3 is 8.23 Å². The second kappa shape index (κ2) is 9.12. The fourth-order valence-corrected chi connectivity index (χ4v) is 15.5. The monoisotopic (exact) mass is 412 g/mol. The van der Waals surface area contributed by atoms with Gasteiger partial charge in [-0.2, -0.15) is 0 Å². The molecular weight excluding hydrogens is 380 g/mol. The minimum atomic E-state index is -2.23. The van der Waals surface area contributed by atoms with Crippen LogP contribution in [0.3, 0.4) is 0 Å². The molecule has 0 atom stereocenters. The number of hydrogen-bond acceptors (Lipinski definition) is 2. The smallest absolute Gasteiger partial charge is 0.311 e. The van der Waals surface area contributed by atoms with E-state index in [0.717, 1.165) is 0 Å². The summed E-state index contributed by atoms with van der Waals surface area (Å²) in [5, 5.41) is 0. The van der Waals surface area contributed by atoms with E-state index in [1.165, 1.54) is 11.1 Å². The van der Waals surface area contributed by atoms with Gasteiger partial charge in [0.2, 0.25) is 16.6 Å². The van der Waals surface area contributed by atoms with Gasteiger partial charge in [0.1, 0.15) is 0 Å². The second-order valence-electron chi connectivity index (χ2n) is 8.30. The van der Waals surface area contributed by atoms with Crippen LogP contribution in [-0.2, 0) is 8.23 Å². The van der Waals surface area contributed by atoms with Crippen molar-refractivity contribution in [3.8, 4) is 0 Å². The van der Waals surface area contributed by atoms with Crippen LogP contribution in [0.5, 0.6) is 0 Å². The van der Waals surface area contributed by atoms with Gasteiger partial charge in [-0.05, 0) is 50.4 Å². The molecule has 0 fully saturated rings. The molecule has 144 valence electrons. The average molecular weight is 413 g/mol. The van der Waals surface area contributed by atoms with Gasteiger partial charge in [0.15, 0.2) is 0 Å². The molecule has 0 aliphatic rings. The Kier molecular flexibility index (Phi) is 7.36. The lowest BCUT2D eigenvalue weighted by molar-refractivity contribution is 0.400. The summed E-state index contributed by atoms with van der Waals surface area (Å²) in [7, 11) is -6.14. The van der Waals surface area contributed by atoms with Crippen LogP contribution in [0.15, 0.2) is 72.1 Å².